The van der Waals surface area contributed by atoms with Crippen molar-refractivity contribution >= 4 is 21.8 Å². The molecule has 2 heterocycles. The Morgan fingerprint density at radius 3 is 2.88 bits per heavy atom. The van der Waals surface area contributed by atoms with Gasteiger partial charge in [-0.2, -0.15) is 5.26 Å². The van der Waals surface area contributed by atoms with E-state index in [1.165, 1.54) is 0 Å². The van der Waals surface area contributed by atoms with Crippen molar-refractivity contribution in [1.29, 1.82) is 5.26 Å². The largest absolute Gasteiger partial charge is 0.355 e. The highest BCUT2D eigenvalue weighted by Gasteiger charge is 2.10. The van der Waals surface area contributed by atoms with Crippen LogP contribution in [0.15, 0.2) is 35.3 Å². The van der Waals surface area contributed by atoms with Gasteiger partial charge in [0.05, 0.1) is 5.56 Å². The second-order valence-electron chi connectivity index (χ2n) is 3.56. The van der Waals surface area contributed by atoms with Crippen molar-refractivity contribution in [3.05, 3.63) is 46.4 Å². The molecule has 0 unspecified atom stereocenters. The Labute approximate surface area is 90.1 Å². The molecule has 0 fully saturated rings. The van der Waals surface area contributed by atoms with Crippen LogP contribution in [0.25, 0.3) is 21.8 Å². The maximum atomic E-state index is 11.7. The predicted molar refractivity (Wildman–Crippen MR) is 61.1 cm³/mol. The van der Waals surface area contributed by atoms with Crippen LogP contribution in [-0.4, -0.2) is 9.97 Å². The van der Waals surface area contributed by atoms with E-state index in [0.717, 1.165) is 10.9 Å². The molecule has 0 aliphatic carbocycles. The minimum absolute atomic E-state index is 0.199. The van der Waals surface area contributed by atoms with Gasteiger partial charge in [0, 0.05) is 22.5 Å². The smallest absolute Gasteiger partial charge is 0.272 e. The minimum atomic E-state index is -0.199. The van der Waals surface area contributed by atoms with E-state index in [1.807, 2.05) is 24.3 Å². The fourth-order valence-corrected chi connectivity index (χ4v) is 1.97. The van der Waals surface area contributed by atoms with Crippen LogP contribution >= 0.6 is 0 Å². The molecule has 1 aromatic carbocycles. The van der Waals surface area contributed by atoms with E-state index in [1.54, 1.807) is 6.20 Å². The molecule has 0 atom stereocenters. The molecule has 3 rings (SSSR count). The number of H-pyrrole nitrogens is 2. The average molecular weight is 209 g/mol. The van der Waals surface area contributed by atoms with Gasteiger partial charge in [0.25, 0.3) is 5.56 Å². The molecule has 16 heavy (non-hydrogen) atoms. The summed E-state index contributed by atoms with van der Waals surface area (Å²) in [6.07, 6.45) is 1.56. The number of nitriles is 1. The van der Waals surface area contributed by atoms with Crippen LogP contribution < -0.4 is 5.56 Å². The van der Waals surface area contributed by atoms with Crippen LogP contribution in [0.5, 0.6) is 0 Å². The van der Waals surface area contributed by atoms with Crippen molar-refractivity contribution in [1.82, 2.24) is 9.97 Å². The molecule has 2 aromatic heterocycles. The first-order valence-corrected chi connectivity index (χ1v) is 4.83. The highest BCUT2D eigenvalue weighted by Crippen LogP contribution is 2.23. The van der Waals surface area contributed by atoms with Gasteiger partial charge in [0.15, 0.2) is 0 Å². The van der Waals surface area contributed by atoms with E-state index in [9.17, 15) is 4.79 Å². The standard InChI is InChI=1S/C12H7N3O/c13-5-7-6-14-11-10(7)8-3-1-2-4-9(8)15-12(11)16/h1-4,6,14H,(H,15,16). The maximum Gasteiger partial charge on any atom is 0.272 e. The number of pyridine rings is 1. The van der Waals surface area contributed by atoms with Gasteiger partial charge in [0.1, 0.15) is 11.6 Å². The molecule has 0 aliphatic rings. The lowest BCUT2D eigenvalue weighted by Crippen LogP contribution is -2.05. The van der Waals surface area contributed by atoms with Crippen LogP contribution in [0.1, 0.15) is 5.56 Å². The number of hydrogen-bond acceptors (Lipinski definition) is 2. The average Bonchev–Trinajstić information content (AvgIpc) is 2.74. The Morgan fingerprint density at radius 1 is 1.25 bits per heavy atom. The molecule has 4 nitrogen and oxygen atoms in total. The highest BCUT2D eigenvalue weighted by molar-refractivity contribution is 6.07. The molecular formula is C12H7N3O. The summed E-state index contributed by atoms with van der Waals surface area (Å²) in [5.74, 6) is 0. The summed E-state index contributed by atoms with van der Waals surface area (Å²) >= 11 is 0. The third-order valence-electron chi connectivity index (χ3n) is 2.67. The summed E-state index contributed by atoms with van der Waals surface area (Å²) in [6, 6.07) is 9.53. The van der Waals surface area contributed by atoms with Gasteiger partial charge >= 0.3 is 0 Å². The number of rotatable bonds is 0. The Balaban J connectivity index is 2.72. The van der Waals surface area contributed by atoms with Crippen LogP contribution in [0.3, 0.4) is 0 Å². The highest BCUT2D eigenvalue weighted by atomic mass is 16.1. The third-order valence-corrected chi connectivity index (χ3v) is 2.67. The SMILES string of the molecule is N#Cc1c[nH]c2c(=O)[nH]c3ccccc3c12. The molecule has 0 saturated carbocycles. The number of hydrogen-bond donors (Lipinski definition) is 2. The number of nitrogens with zero attached hydrogens (tertiary/aromatic N) is 1. The fraction of sp³-hybridized carbons (Fsp3) is 0. The first-order chi connectivity index (χ1) is 7.81. The van der Waals surface area contributed by atoms with Crippen molar-refractivity contribution in [2.24, 2.45) is 0 Å². The molecule has 3 aromatic rings. The van der Waals surface area contributed by atoms with Crippen molar-refractivity contribution in [3.8, 4) is 6.07 Å². The minimum Gasteiger partial charge on any atom is -0.355 e. The van der Waals surface area contributed by atoms with Gasteiger partial charge in [-0.3, -0.25) is 4.79 Å². The molecule has 0 saturated heterocycles. The van der Waals surface area contributed by atoms with Gasteiger partial charge in [-0.1, -0.05) is 18.2 Å². The summed E-state index contributed by atoms with van der Waals surface area (Å²) in [6.45, 7) is 0. The summed E-state index contributed by atoms with van der Waals surface area (Å²) in [5, 5.41) is 10.6. The second-order valence-corrected chi connectivity index (χ2v) is 3.56. The van der Waals surface area contributed by atoms with Crippen molar-refractivity contribution in [3.63, 3.8) is 0 Å². The van der Waals surface area contributed by atoms with E-state index in [-0.39, 0.29) is 5.56 Å². The van der Waals surface area contributed by atoms with Crippen molar-refractivity contribution in [2.75, 3.05) is 0 Å². The quantitative estimate of drug-likeness (QED) is 0.593. The molecule has 0 bridgehead atoms. The van der Waals surface area contributed by atoms with Crippen LogP contribution in [-0.2, 0) is 0 Å². The lowest BCUT2D eigenvalue weighted by molar-refractivity contribution is 1.31. The van der Waals surface area contributed by atoms with Gasteiger partial charge in [0.2, 0.25) is 0 Å². The summed E-state index contributed by atoms with van der Waals surface area (Å²) in [7, 11) is 0. The van der Waals surface area contributed by atoms with Crippen LogP contribution in [0.4, 0.5) is 0 Å². The molecule has 4 heteroatoms. The van der Waals surface area contributed by atoms with E-state index in [0.29, 0.717) is 16.5 Å². The van der Waals surface area contributed by atoms with Gasteiger partial charge in [-0.15, -0.1) is 0 Å². The van der Waals surface area contributed by atoms with Crippen molar-refractivity contribution < 1.29 is 0 Å². The fourth-order valence-electron chi connectivity index (χ4n) is 1.97. The van der Waals surface area contributed by atoms with E-state index < -0.39 is 0 Å². The molecular weight excluding hydrogens is 202 g/mol. The summed E-state index contributed by atoms with van der Waals surface area (Å²) in [4.78, 5) is 17.3. The Hall–Kier alpha value is -2.54. The Bertz CT molecular complexity index is 789. The zero-order valence-corrected chi connectivity index (χ0v) is 8.24. The van der Waals surface area contributed by atoms with E-state index in [2.05, 4.69) is 16.0 Å². The molecule has 0 spiro atoms. The van der Waals surface area contributed by atoms with Gasteiger partial charge < -0.3 is 9.97 Å². The topological polar surface area (TPSA) is 72.4 Å². The lowest BCUT2D eigenvalue weighted by atomic mass is 10.1. The van der Waals surface area contributed by atoms with Crippen LogP contribution in [0.2, 0.25) is 0 Å². The summed E-state index contributed by atoms with van der Waals surface area (Å²) in [5.41, 5.74) is 1.50. The molecule has 76 valence electrons. The second kappa shape index (κ2) is 2.97. The predicted octanol–water partition coefficient (Wildman–Crippen LogP) is 1.88. The van der Waals surface area contributed by atoms with Crippen molar-refractivity contribution in [2.45, 2.75) is 0 Å². The zero-order valence-electron chi connectivity index (χ0n) is 8.24. The Morgan fingerprint density at radius 2 is 2.06 bits per heavy atom. The maximum absolute atomic E-state index is 11.7. The van der Waals surface area contributed by atoms with Gasteiger partial charge in [-0.05, 0) is 6.07 Å². The number of benzene rings is 1. The number of para-hydroxylation sites is 1. The number of aromatic nitrogens is 2. The number of fused-ring (bicyclic) bond motifs is 3. The zero-order chi connectivity index (χ0) is 11.1. The monoisotopic (exact) mass is 209 g/mol. The lowest BCUT2D eigenvalue weighted by Gasteiger charge is -1.98. The molecule has 2 N–H and O–H groups in total. The first kappa shape index (κ1) is 8.74. The first-order valence-electron chi connectivity index (χ1n) is 4.83. The Kier molecular flexibility index (Phi) is 1.62. The summed E-state index contributed by atoms with van der Waals surface area (Å²) < 4.78 is 0. The normalized spacial score (nSPS) is 10.7. The van der Waals surface area contributed by atoms with E-state index >= 15 is 0 Å². The molecule has 0 radical (unpaired) electrons. The molecule has 0 aliphatic heterocycles. The molecule has 0 amide bonds. The third kappa shape index (κ3) is 0.997. The van der Waals surface area contributed by atoms with Crippen LogP contribution in [0, 0.1) is 11.3 Å². The van der Waals surface area contributed by atoms with Gasteiger partial charge in [-0.25, -0.2) is 0 Å². The van der Waals surface area contributed by atoms with E-state index in [4.69, 9.17) is 5.26 Å². The number of nitrogens with one attached hydrogen (secondary N) is 2. The number of aromatic amines is 2.